The molecule has 1 fully saturated rings. The maximum atomic E-state index is 4.58. The Hall–Kier alpha value is -1.77. The van der Waals surface area contributed by atoms with Gasteiger partial charge in [0.1, 0.15) is 5.82 Å². The first kappa shape index (κ1) is 12.3. The third-order valence-electron chi connectivity index (χ3n) is 3.76. The summed E-state index contributed by atoms with van der Waals surface area (Å²) in [5.41, 5.74) is 1.22. The summed E-state index contributed by atoms with van der Waals surface area (Å²) in [6, 6.07) is 9.38. The van der Waals surface area contributed by atoms with Gasteiger partial charge in [-0.3, -0.25) is 0 Å². The SMILES string of the molecule is CCN(CC)c1nccc2ccc(NC3CC3)cc12. The Morgan fingerprint density at radius 1 is 1.21 bits per heavy atom. The zero-order valence-corrected chi connectivity index (χ0v) is 11.7. The Morgan fingerprint density at radius 2 is 2.00 bits per heavy atom. The van der Waals surface area contributed by atoms with E-state index >= 15 is 0 Å². The van der Waals surface area contributed by atoms with Gasteiger partial charge in [0.15, 0.2) is 0 Å². The van der Waals surface area contributed by atoms with Gasteiger partial charge in [-0.05, 0) is 50.3 Å². The van der Waals surface area contributed by atoms with Crippen molar-refractivity contribution in [1.29, 1.82) is 0 Å². The molecule has 1 saturated carbocycles. The summed E-state index contributed by atoms with van der Waals surface area (Å²) in [6.07, 6.45) is 4.51. The lowest BCUT2D eigenvalue weighted by Crippen LogP contribution is -2.23. The number of anilines is 2. The van der Waals surface area contributed by atoms with Gasteiger partial charge in [0.25, 0.3) is 0 Å². The topological polar surface area (TPSA) is 28.2 Å². The summed E-state index contributed by atoms with van der Waals surface area (Å²) in [4.78, 5) is 6.89. The zero-order valence-electron chi connectivity index (χ0n) is 11.7. The van der Waals surface area contributed by atoms with Crippen molar-refractivity contribution in [2.24, 2.45) is 0 Å². The van der Waals surface area contributed by atoms with Crippen LogP contribution in [0.15, 0.2) is 30.5 Å². The van der Waals surface area contributed by atoms with Crippen molar-refractivity contribution in [2.45, 2.75) is 32.7 Å². The van der Waals surface area contributed by atoms with E-state index in [-0.39, 0.29) is 0 Å². The van der Waals surface area contributed by atoms with E-state index in [1.807, 2.05) is 6.20 Å². The van der Waals surface area contributed by atoms with Crippen LogP contribution < -0.4 is 10.2 Å². The van der Waals surface area contributed by atoms with Gasteiger partial charge >= 0.3 is 0 Å². The van der Waals surface area contributed by atoms with E-state index in [2.05, 4.69) is 53.3 Å². The lowest BCUT2D eigenvalue weighted by molar-refractivity contribution is 0.852. The first-order chi connectivity index (χ1) is 9.31. The van der Waals surface area contributed by atoms with Gasteiger partial charge in [0, 0.05) is 36.4 Å². The fourth-order valence-corrected chi connectivity index (χ4v) is 2.48. The molecule has 3 nitrogen and oxygen atoms in total. The molecule has 0 bridgehead atoms. The van der Waals surface area contributed by atoms with E-state index in [1.54, 1.807) is 0 Å². The molecule has 0 amide bonds. The fourth-order valence-electron chi connectivity index (χ4n) is 2.48. The molecule has 100 valence electrons. The van der Waals surface area contributed by atoms with Crippen molar-refractivity contribution in [3.63, 3.8) is 0 Å². The van der Waals surface area contributed by atoms with Crippen LogP contribution in [0.25, 0.3) is 10.8 Å². The minimum atomic E-state index is 0.686. The second kappa shape index (κ2) is 5.08. The van der Waals surface area contributed by atoms with Crippen LogP contribution in [0.5, 0.6) is 0 Å². The predicted molar refractivity (Wildman–Crippen MR) is 81.9 cm³/mol. The Kier molecular flexibility index (Phi) is 3.28. The summed E-state index contributed by atoms with van der Waals surface area (Å²) in [7, 11) is 0. The predicted octanol–water partition coefficient (Wildman–Crippen LogP) is 3.66. The van der Waals surface area contributed by atoms with Crippen LogP contribution in [0.3, 0.4) is 0 Å². The Morgan fingerprint density at radius 3 is 2.68 bits per heavy atom. The molecule has 1 aromatic carbocycles. The molecule has 1 aromatic heterocycles. The molecule has 2 aromatic rings. The van der Waals surface area contributed by atoms with Crippen LogP contribution in [-0.4, -0.2) is 24.1 Å². The van der Waals surface area contributed by atoms with Crippen LogP contribution in [0.4, 0.5) is 11.5 Å². The maximum absolute atomic E-state index is 4.58. The molecule has 0 radical (unpaired) electrons. The highest BCUT2D eigenvalue weighted by Gasteiger charge is 2.21. The molecule has 19 heavy (non-hydrogen) atoms. The van der Waals surface area contributed by atoms with E-state index in [0.717, 1.165) is 18.9 Å². The van der Waals surface area contributed by atoms with Crippen molar-refractivity contribution >= 4 is 22.3 Å². The van der Waals surface area contributed by atoms with Crippen molar-refractivity contribution in [1.82, 2.24) is 4.98 Å². The van der Waals surface area contributed by atoms with E-state index in [9.17, 15) is 0 Å². The summed E-state index contributed by atoms with van der Waals surface area (Å²) in [5.74, 6) is 1.10. The average molecular weight is 255 g/mol. The van der Waals surface area contributed by atoms with E-state index in [4.69, 9.17) is 0 Å². The number of rotatable bonds is 5. The minimum Gasteiger partial charge on any atom is -0.382 e. The van der Waals surface area contributed by atoms with Gasteiger partial charge in [0.05, 0.1) is 0 Å². The van der Waals surface area contributed by atoms with Gasteiger partial charge in [-0.15, -0.1) is 0 Å². The van der Waals surface area contributed by atoms with Crippen molar-refractivity contribution < 1.29 is 0 Å². The van der Waals surface area contributed by atoms with E-state index < -0.39 is 0 Å². The summed E-state index contributed by atoms with van der Waals surface area (Å²) < 4.78 is 0. The van der Waals surface area contributed by atoms with Crippen LogP contribution in [0.2, 0.25) is 0 Å². The molecule has 1 N–H and O–H groups in total. The van der Waals surface area contributed by atoms with Crippen LogP contribution in [-0.2, 0) is 0 Å². The zero-order chi connectivity index (χ0) is 13.2. The summed E-state index contributed by atoms with van der Waals surface area (Å²) in [5, 5.41) is 6.07. The molecule has 1 heterocycles. The van der Waals surface area contributed by atoms with Crippen LogP contribution in [0, 0.1) is 0 Å². The molecule has 0 aliphatic heterocycles. The molecular formula is C16H21N3. The number of pyridine rings is 1. The van der Waals surface area contributed by atoms with Crippen molar-refractivity contribution in [3.8, 4) is 0 Å². The molecule has 0 unspecified atom stereocenters. The van der Waals surface area contributed by atoms with Crippen LogP contribution >= 0.6 is 0 Å². The number of benzene rings is 1. The van der Waals surface area contributed by atoms with Gasteiger partial charge < -0.3 is 10.2 Å². The second-order valence-corrected chi connectivity index (χ2v) is 5.16. The maximum Gasteiger partial charge on any atom is 0.136 e. The summed E-state index contributed by atoms with van der Waals surface area (Å²) >= 11 is 0. The van der Waals surface area contributed by atoms with Crippen molar-refractivity contribution in [3.05, 3.63) is 30.5 Å². The largest absolute Gasteiger partial charge is 0.382 e. The van der Waals surface area contributed by atoms with Gasteiger partial charge in [0.2, 0.25) is 0 Å². The minimum absolute atomic E-state index is 0.686. The Labute approximate surface area is 114 Å². The third kappa shape index (κ3) is 2.50. The van der Waals surface area contributed by atoms with Gasteiger partial charge in [-0.1, -0.05) is 6.07 Å². The standard InChI is InChI=1S/C16H21N3/c1-3-19(4-2)16-15-11-14(18-13-7-8-13)6-5-12(15)9-10-17-16/h5-6,9-11,13,18H,3-4,7-8H2,1-2H3. The highest BCUT2D eigenvalue weighted by Crippen LogP contribution is 2.30. The first-order valence-electron chi connectivity index (χ1n) is 7.22. The molecule has 1 aliphatic carbocycles. The number of nitrogens with zero attached hydrogens (tertiary/aromatic N) is 2. The van der Waals surface area contributed by atoms with E-state index in [1.165, 1.54) is 29.3 Å². The Bertz CT molecular complexity index is 571. The fraction of sp³-hybridized carbons (Fsp3) is 0.438. The highest BCUT2D eigenvalue weighted by molar-refractivity contribution is 5.94. The molecule has 3 rings (SSSR count). The second-order valence-electron chi connectivity index (χ2n) is 5.16. The molecule has 0 saturated heterocycles. The van der Waals surface area contributed by atoms with Crippen molar-refractivity contribution in [2.75, 3.05) is 23.3 Å². The normalized spacial score (nSPS) is 14.6. The first-order valence-corrected chi connectivity index (χ1v) is 7.22. The number of aromatic nitrogens is 1. The number of nitrogens with one attached hydrogen (secondary N) is 1. The summed E-state index contributed by atoms with van der Waals surface area (Å²) in [6.45, 7) is 6.33. The Balaban J connectivity index is 2.04. The lowest BCUT2D eigenvalue weighted by Gasteiger charge is -2.21. The lowest BCUT2D eigenvalue weighted by atomic mass is 10.1. The highest BCUT2D eigenvalue weighted by atomic mass is 15.2. The van der Waals surface area contributed by atoms with Crippen LogP contribution in [0.1, 0.15) is 26.7 Å². The average Bonchev–Trinajstić information content (AvgIpc) is 3.24. The molecular weight excluding hydrogens is 234 g/mol. The van der Waals surface area contributed by atoms with Gasteiger partial charge in [-0.2, -0.15) is 0 Å². The number of hydrogen-bond donors (Lipinski definition) is 1. The third-order valence-corrected chi connectivity index (χ3v) is 3.76. The van der Waals surface area contributed by atoms with E-state index in [0.29, 0.717) is 6.04 Å². The molecule has 0 atom stereocenters. The smallest absolute Gasteiger partial charge is 0.136 e. The molecule has 3 heteroatoms. The monoisotopic (exact) mass is 255 g/mol. The van der Waals surface area contributed by atoms with Gasteiger partial charge in [-0.25, -0.2) is 4.98 Å². The number of fused-ring (bicyclic) bond motifs is 1. The quantitative estimate of drug-likeness (QED) is 0.883. The number of hydrogen-bond acceptors (Lipinski definition) is 3. The molecule has 1 aliphatic rings. The molecule has 0 spiro atoms.